The second-order valence-corrected chi connectivity index (χ2v) is 7.43. The van der Waals surface area contributed by atoms with Gasteiger partial charge in [-0.2, -0.15) is 0 Å². The van der Waals surface area contributed by atoms with Crippen LogP contribution in [0.2, 0.25) is 5.02 Å². The molecule has 0 aliphatic heterocycles. The molecule has 132 valence electrons. The third-order valence-electron chi connectivity index (χ3n) is 6.01. The van der Waals surface area contributed by atoms with E-state index < -0.39 is 41.3 Å². The van der Waals surface area contributed by atoms with Crippen LogP contribution in [0.1, 0.15) is 23.0 Å². The highest BCUT2D eigenvalue weighted by Crippen LogP contribution is 2.74. The fraction of sp³-hybridized carbons (Fsp3) is 0.368. The van der Waals surface area contributed by atoms with Gasteiger partial charge in [0.25, 0.3) is 0 Å². The fourth-order valence-electron chi connectivity index (χ4n) is 4.85. The van der Waals surface area contributed by atoms with Crippen LogP contribution in [0.5, 0.6) is 0 Å². The van der Waals surface area contributed by atoms with Crippen molar-refractivity contribution in [3.8, 4) is 0 Å². The minimum absolute atomic E-state index is 0.494. The number of fused-ring (bicyclic) bond motifs is 1. The molecule has 2 aromatic carbocycles. The Balaban J connectivity index is 1.81. The van der Waals surface area contributed by atoms with Crippen LogP contribution in [0, 0.1) is 0 Å². The number of hydrogen-bond acceptors (Lipinski definition) is 5. The van der Waals surface area contributed by atoms with Crippen molar-refractivity contribution in [2.45, 2.75) is 34.7 Å². The smallest absolute Gasteiger partial charge is 0.137 e. The van der Waals surface area contributed by atoms with Crippen molar-refractivity contribution in [2.75, 3.05) is 6.61 Å². The number of hydrogen-bond donors (Lipinski definition) is 5. The lowest BCUT2D eigenvalue weighted by Gasteiger charge is -2.79. The van der Waals surface area contributed by atoms with Gasteiger partial charge in [-0.15, -0.1) is 0 Å². The Morgan fingerprint density at radius 2 is 1.48 bits per heavy atom. The fourth-order valence-corrected chi connectivity index (χ4v) is 4.98. The number of aliphatic hydroxyl groups is 5. The first kappa shape index (κ1) is 17.0. The van der Waals surface area contributed by atoms with Gasteiger partial charge in [-0.05, 0) is 23.3 Å². The molecule has 0 spiro atoms. The zero-order valence-electron chi connectivity index (χ0n) is 13.2. The maximum absolute atomic E-state index is 11.2. The Kier molecular flexibility index (Phi) is 3.57. The highest BCUT2D eigenvalue weighted by molar-refractivity contribution is 6.30. The minimum Gasteiger partial charge on any atom is -0.393 e. The topological polar surface area (TPSA) is 101 Å². The van der Waals surface area contributed by atoms with E-state index in [1.807, 2.05) is 0 Å². The number of halogens is 1. The summed E-state index contributed by atoms with van der Waals surface area (Å²) >= 11 is 5.88. The van der Waals surface area contributed by atoms with Crippen molar-refractivity contribution in [1.29, 1.82) is 0 Å². The predicted molar refractivity (Wildman–Crippen MR) is 91.3 cm³/mol. The van der Waals surface area contributed by atoms with Gasteiger partial charge >= 0.3 is 0 Å². The molecule has 25 heavy (non-hydrogen) atoms. The summed E-state index contributed by atoms with van der Waals surface area (Å²) in [6.45, 7) is -0.748. The van der Waals surface area contributed by atoms with Gasteiger partial charge in [0.1, 0.15) is 16.8 Å². The molecule has 6 atom stereocenters. The summed E-state index contributed by atoms with van der Waals surface area (Å²) in [5.41, 5.74) is -4.92. The molecule has 0 radical (unpaired) electrons. The first-order valence-electron chi connectivity index (χ1n) is 8.09. The van der Waals surface area contributed by atoms with E-state index in [2.05, 4.69) is 0 Å². The van der Waals surface area contributed by atoms with Gasteiger partial charge in [-0.1, -0.05) is 54.1 Å². The van der Waals surface area contributed by atoms with E-state index in [4.69, 9.17) is 11.6 Å². The molecule has 4 rings (SSSR count). The van der Waals surface area contributed by atoms with E-state index >= 15 is 0 Å². The second-order valence-electron chi connectivity index (χ2n) is 6.99. The van der Waals surface area contributed by atoms with Crippen molar-refractivity contribution < 1.29 is 25.5 Å². The standard InChI is InChI=1S/C19H19ClO5/c20-13-8-6-11(7-9-13)14-16(22)18(24)15(12-4-2-1-3-5-12)17(23,10-21)19(14,18)25/h1-9,14-16,21-25H,10H2/t14?,15?,16?,17-,18-,19-/m0/s1. The first-order valence-corrected chi connectivity index (χ1v) is 8.46. The summed E-state index contributed by atoms with van der Waals surface area (Å²) < 4.78 is 0. The maximum Gasteiger partial charge on any atom is 0.137 e. The van der Waals surface area contributed by atoms with Gasteiger partial charge in [-0.25, -0.2) is 0 Å². The lowest BCUT2D eigenvalue weighted by atomic mass is 9.31. The third-order valence-corrected chi connectivity index (χ3v) is 6.26. The molecule has 2 fully saturated rings. The molecule has 3 unspecified atom stereocenters. The van der Waals surface area contributed by atoms with Crippen LogP contribution in [-0.2, 0) is 0 Å². The zero-order chi connectivity index (χ0) is 18.0. The molecule has 5 nitrogen and oxygen atoms in total. The quantitative estimate of drug-likeness (QED) is 0.555. The molecule has 2 aliphatic rings. The highest BCUT2D eigenvalue weighted by Gasteiger charge is 2.92. The van der Waals surface area contributed by atoms with E-state index in [0.29, 0.717) is 16.1 Å². The van der Waals surface area contributed by atoms with Crippen LogP contribution in [0.4, 0.5) is 0 Å². The van der Waals surface area contributed by atoms with E-state index in [1.165, 1.54) is 0 Å². The van der Waals surface area contributed by atoms with Gasteiger partial charge < -0.3 is 25.5 Å². The number of rotatable bonds is 3. The molecular weight excluding hydrogens is 344 g/mol. The van der Waals surface area contributed by atoms with Crippen molar-refractivity contribution in [3.05, 3.63) is 70.7 Å². The van der Waals surface area contributed by atoms with Gasteiger partial charge in [0.2, 0.25) is 0 Å². The second kappa shape index (κ2) is 5.27. The molecule has 0 bridgehead atoms. The van der Waals surface area contributed by atoms with Crippen LogP contribution >= 0.6 is 11.6 Å². The SMILES string of the molecule is OC[C@]1(O)C(c2ccccc2)[C@]2(O)C(O)C(c3ccc(Cl)cc3)[C@@]21O. The lowest BCUT2D eigenvalue weighted by molar-refractivity contribution is -0.448. The molecule has 0 aromatic heterocycles. The zero-order valence-corrected chi connectivity index (χ0v) is 14.0. The Bertz CT molecular complexity index is 785. The molecular formula is C19H19ClO5. The minimum atomic E-state index is -2.07. The Hall–Kier alpha value is -1.47. The van der Waals surface area contributed by atoms with Crippen molar-refractivity contribution >= 4 is 11.6 Å². The molecule has 2 aromatic rings. The van der Waals surface area contributed by atoms with Crippen LogP contribution in [0.3, 0.4) is 0 Å². The van der Waals surface area contributed by atoms with E-state index in [1.54, 1.807) is 54.6 Å². The monoisotopic (exact) mass is 362 g/mol. The molecule has 0 saturated heterocycles. The Morgan fingerprint density at radius 1 is 0.880 bits per heavy atom. The van der Waals surface area contributed by atoms with Crippen LogP contribution < -0.4 is 0 Å². The van der Waals surface area contributed by atoms with Gasteiger partial charge in [0, 0.05) is 10.9 Å². The summed E-state index contributed by atoms with van der Waals surface area (Å²) in [5, 5.41) is 54.3. The summed E-state index contributed by atoms with van der Waals surface area (Å²) in [7, 11) is 0. The average molecular weight is 363 g/mol. The summed E-state index contributed by atoms with van der Waals surface area (Å²) in [6, 6.07) is 15.1. The molecule has 0 amide bonds. The molecule has 5 N–H and O–H groups in total. The molecule has 2 saturated carbocycles. The van der Waals surface area contributed by atoms with Crippen LogP contribution in [-0.4, -0.2) is 55.0 Å². The van der Waals surface area contributed by atoms with Gasteiger partial charge in [-0.3, -0.25) is 0 Å². The van der Waals surface area contributed by atoms with E-state index in [-0.39, 0.29) is 0 Å². The van der Waals surface area contributed by atoms with Crippen molar-refractivity contribution in [2.24, 2.45) is 0 Å². The van der Waals surface area contributed by atoms with E-state index in [9.17, 15) is 25.5 Å². The highest BCUT2D eigenvalue weighted by atomic mass is 35.5. The van der Waals surface area contributed by atoms with Gasteiger partial charge in [0.05, 0.1) is 18.6 Å². The maximum atomic E-state index is 11.2. The van der Waals surface area contributed by atoms with E-state index in [0.717, 1.165) is 0 Å². The third kappa shape index (κ3) is 1.76. The van der Waals surface area contributed by atoms with Crippen LogP contribution in [0.25, 0.3) is 0 Å². The summed E-state index contributed by atoms with van der Waals surface area (Å²) in [6.07, 6.45) is -1.30. The predicted octanol–water partition coefficient (Wildman–Crippen LogP) is 0.781. The first-order chi connectivity index (χ1) is 11.8. The van der Waals surface area contributed by atoms with Gasteiger partial charge in [0.15, 0.2) is 0 Å². The lowest BCUT2D eigenvalue weighted by Crippen LogP contribution is -2.98. The largest absolute Gasteiger partial charge is 0.393 e. The van der Waals surface area contributed by atoms with Crippen molar-refractivity contribution in [3.63, 3.8) is 0 Å². The summed E-state index contributed by atoms with van der Waals surface area (Å²) in [4.78, 5) is 0. The normalized spacial score (nSPS) is 42.2. The average Bonchev–Trinajstić information content (AvgIpc) is 2.63. The molecule has 0 heterocycles. The van der Waals surface area contributed by atoms with Crippen LogP contribution in [0.15, 0.2) is 54.6 Å². The molecule has 2 aliphatic carbocycles. The van der Waals surface area contributed by atoms with Crippen molar-refractivity contribution in [1.82, 2.24) is 0 Å². The number of benzene rings is 2. The summed E-state index contributed by atoms with van der Waals surface area (Å²) in [5.74, 6) is -1.94. The Morgan fingerprint density at radius 3 is 2.04 bits per heavy atom. The Labute approximate surface area is 149 Å². The number of aliphatic hydroxyl groups excluding tert-OH is 2. The molecule has 6 heteroatoms.